The fourth-order valence-corrected chi connectivity index (χ4v) is 1.98. The predicted octanol–water partition coefficient (Wildman–Crippen LogP) is 0.622. The van der Waals surface area contributed by atoms with Crippen molar-refractivity contribution in [3.63, 3.8) is 0 Å². The Bertz CT molecular complexity index is 605. The number of nitrogens with two attached hydrogens (primary N) is 1. The molecule has 0 aliphatic rings. The summed E-state index contributed by atoms with van der Waals surface area (Å²) in [6.07, 6.45) is 0. The molecule has 5 heteroatoms. The Morgan fingerprint density at radius 3 is 2.94 bits per heavy atom. The van der Waals surface area contributed by atoms with Crippen molar-refractivity contribution in [2.45, 2.75) is 13.5 Å². The first-order valence-electron chi connectivity index (χ1n) is 5.99. The summed E-state index contributed by atoms with van der Waals surface area (Å²) < 4.78 is 0. The van der Waals surface area contributed by atoms with Crippen molar-refractivity contribution in [1.82, 2.24) is 14.9 Å². The Hall–Kier alpha value is -1.72. The Morgan fingerprint density at radius 1 is 1.44 bits per heavy atom. The highest BCUT2D eigenvalue weighted by atomic mass is 16.1. The van der Waals surface area contributed by atoms with E-state index >= 15 is 0 Å². The zero-order valence-electron chi connectivity index (χ0n) is 10.7. The zero-order chi connectivity index (χ0) is 13.1. The number of hydrogen-bond acceptors (Lipinski definition) is 4. The van der Waals surface area contributed by atoms with Gasteiger partial charge >= 0.3 is 0 Å². The van der Waals surface area contributed by atoms with Crippen molar-refractivity contribution in [2.75, 3.05) is 20.1 Å². The van der Waals surface area contributed by atoms with Crippen LogP contribution in [0.3, 0.4) is 0 Å². The summed E-state index contributed by atoms with van der Waals surface area (Å²) in [5.41, 5.74) is 7.20. The van der Waals surface area contributed by atoms with Crippen LogP contribution in [-0.4, -0.2) is 35.0 Å². The van der Waals surface area contributed by atoms with Crippen LogP contribution in [0, 0.1) is 6.92 Å². The van der Waals surface area contributed by atoms with Crippen LogP contribution in [0.5, 0.6) is 0 Å². The molecule has 0 bridgehead atoms. The van der Waals surface area contributed by atoms with E-state index in [0.717, 1.165) is 17.6 Å². The number of H-pyrrole nitrogens is 1. The van der Waals surface area contributed by atoms with Crippen LogP contribution in [0.2, 0.25) is 0 Å². The van der Waals surface area contributed by atoms with E-state index in [2.05, 4.69) is 9.97 Å². The third-order valence-corrected chi connectivity index (χ3v) is 2.92. The molecular formula is C13H18N4O. The second-order valence-corrected chi connectivity index (χ2v) is 4.51. The minimum absolute atomic E-state index is 0.0835. The van der Waals surface area contributed by atoms with Gasteiger partial charge in [-0.25, -0.2) is 4.98 Å². The monoisotopic (exact) mass is 246 g/mol. The first-order valence-corrected chi connectivity index (χ1v) is 5.99. The number of rotatable bonds is 4. The van der Waals surface area contributed by atoms with E-state index in [1.165, 1.54) is 0 Å². The van der Waals surface area contributed by atoms with Crippen molar-refractivity contribution in [3.8, 4) is 0 Å². The topological polar surface area (TPSA) is 75.0 Å². The maximum Gasteiger partial charge on any atom is 0.258 e. The average Bonchev–Trinajstić information content (AvgIpc) is 2.31. The fraction of sp³-hybridized carbons (Fsp3) is 0.385. The minimum Gasteiger partial charge on any atom is -0.329 e. The summed E-state index contributed by atoms with van der Waals surface area (Å²) in [6.45, 7) is 3.92. The van der Waals surface area contributed by atoms with Crippen molar-refractivity contribution in [3.05, 3.63) is 39.9 Å². The quantitative estimate of drug-likeness (QED) is 0.829. The minimum atomic E-state index is -0.0835. The van der Waals surface area contributed by atoms with Crippen LogP contribution in [0.25, 0.3) is 10.9 Å². The second-order valence-electron chi connectivity index (χ2n) is 4.51. The average molecular weight is 246 g/mol. The summed E-state index contributed by atoms with van der Waals surface area (Å²) in [5, 5.41) is 0.639. The van der Waals surface area contributed by atoms with E-state index in [4.69, 9.17) is 5.73 Å². The molecular weight excluding hydrogens is 228 g/mol. The van der Waals surface area contributed by atoms with Gasteiger partial charge in [-0.05, 0) is 25.6 Å². The Balaban J connectivity index is 2.42. The van der Waals surface area contributed by atoms with Crippen LogP contribution in [0.4, 0.5) is 0 Å². The standard InChI is InChI=1S/C13H18N4O/c1-9-4-3-5-10-12(9)15-11(16-13(10)18)8-17(2)7-6-14/h3-5H,6-8,14H2,1-2H3,(H,15,16,18). The van der Waals surface area contributed by atoms with Crippen LogP contribution in [0.15, 0.2) is 23.0 Å². The molecule has 2 rings (SSSR count). The van der Waals surface area contributed by atoms with E-state index in [9.17, 15) is 4.79 Å². The lowest BCUT2D eigenvalue weighted by molar-refractivity contribution is 0.327. The lowest BCUT2D eigenvalue weighted by Gasteiger charge is -2.14. The number of aromatic nitrogens is 2. The van der Waals surface area contributed by atoms with Gasteiger partial charge in [0.25, 0.3) is 5.56 Å². The normalized spacial score (nSPS) is 11.3. The van der Waals surface area contributed by atoms with E-state index in [-0.39, 0.29) is 5.56 Å². The molecule has 0 radical (unpaired) electrons. The summed E-state index contributed by atoms with van der Waals surface area (Å²) in [4.78, 5) is 21.3. The number of fused-ring (bicyclic) bond motifs is 1. The van der Waals surface area contributed by atoms with Crippen LogP contribution in [0.1, 0.15) is 11.4 Å². The summed E-state index contributed by atoms with van der Waals surface area (Å²) >= 11 is 0. The van der Waals surface area contributed by atoms with Gasteiger partial charge in [0, 0.05) is 13.1 Å². The highest BCUT2D eigenvalue weighted by Crippen LogP contribution is 2.12. The van der Waals surface area contributed by atoms with Crippen LogP contribution < -0.4 is 11.3 Å². The fourth-order valence-electron chi connectivity index (χ4n) is 1.98. The molecule has 0 saturated heterocycles. The number of benzene rings is 1. The molecule has 0 aliphatic carbocycles. The Kier molecular flexibility index (Phi) is 3.74. The van der Waals surface area contributed by atoms with Crippen molar-refractivity contribution in [2.24, 2.45) is 5.73 Å². The van der Waals surface area contributed by atoms with Crippen molar-refractivity contribution >= 4 is 10.9 Å². The first-order chi connectivity index (χ1) is 8.61. The van der Waals surface area contributed by atoms with Gasteiger partial charge in [-0.15, -0.1) is 0 Å². The number of likely N-dealkylation sites (N-methyl/N-ethyl adjacent to an activating group) is 1. The number of para-hydroxylation sites is 1. The molecule has 2 aromatic rings. The smallest absolute Gasteiger partial charge is 0.258 e. The van der Waals surface area contributed by atoms with Gasteiger partial charge in [-0.3, -0.25) is 9.69 Å². The van der Waals surface area contributed by atoms with Gasteiger partial charge in [0.1, 0.15) is 5.82 Å². The van der Waals surface area contributed by atoms with Crippen molar-refractivity contribution in [1.29, 1.82) is 0 Å². The largest absolute Gasteiger partial charge is 0.329 e. The number of aromatic amines is 1. The Labute approximate surface area is 106 Å². The molecule has 0 fully saturated rings. The molecule has 0 amide bonds. The highest BCUT2D eigenvalue weighted by Gasteiger charge is 2.07. The second kappa shape index (κ2) is 5.29. The third-order valence-electron chi connectivity index (χ3n) is 2.92. The molecule has 1 heterocycles. The van der Waals surface area contributed by atoms with Gasteiger partial charge in [0.05, 0.1) is 17.4 Å². The van der Waals surface area contributed by atoms with E-state index in [1.807, 2.05) is 31.0 Å². The lowest BCUT2D eigenvalue weighted by atomic mass is 10.1. The molecule has 96 valence electrons. The molecule has 1 aromatic carbocycles. The van der Waals surface area contributed by atoms with Gasteiger partial charge in [0.2, 0.25) is 0 Å². The van der Waals surface area contributed by atoms with Gasteiger partial charge in [-0.2, -0.15) is 0 Å². The number of nitrogens with zero attached hydrogens (tertiary/aromatic N) is 2. The maximum atomic E-state index is 12.0. The summed E-state index contributed by atoms with van der Waals surface area (Å²) in [7, 11) is 1.95. The van der Waals surface area contributed by atoms with E-state index in [1.54, 1.807) is 6.07 Å². The summed E-state index contributed by atoms with van der Waals surface area (Å²) in [6, 6.07) is 5.62. The molecule has 0 unspecified atom stereocenters. The molecule has 18 heavy (non-hydrogen) atoms. The number of hydrogen-bond donors (Lipinski definition) is 2. The number of nitrogens with one attached hydrogen (secondary N) is 1. The molecule has 5 nitrogen and oxygen atoms in total. The SMILES string of the molecule is Cc1cccc2c(=O)[nH]c(CN(C)CCN)nc12. The molecule has 0 atom stereocenters. The first kappa shape index (κ1) is 12.7. The molecule has 0 spiro atoms. The molecule has 3 N–H and O–H groups in total. The Morgan fingerprint density at radius 2 is 2.22 bits per heavy atom. The lowest BCUT2D eigenvalue weighted by Crippen LogP contribution is -2.27. The van der Waals surface area contributed by atoms with E-state index < -0.39 is 0 Å². The molecule has 0 saturated carbocycles. The number of aryl methyl sites for hydroxylation is 1. The molecule has 0 aliphatic heterocycles. The summed E-state index contributed by atoms with van der Waals surface area (Å²) in [5.74, 6) is 0.678. The highest BCUT2D eigenvalue weighted by molar-refractivity contribution is 5.80. The predicted molar refractivity (Wildman–Crippen MR) is 72.5 cm³/mol. The maximum absolute atomic E-state index is 12.0. The van der Waals surface area contributed by atoms with Gasteiger partial charge < -0.3 is 10.7 Å². The van der Waals surface area contributed by atoms with Crippen LogP contribution in [-0.2, 0) is 6.54 Å². The van der Waals surface area contributed by atoms with E-state index in [0.29, 0.717) is 24.3 Å². The molecule has 1 aromatic heterocycles. The van der Waals surface area contributed by atoms with Gasteiger partial charge in [-0.1, -0.05) is 12.1 Å². The van der Waals surface area contributed by atoms with Gasteiger partial charge in [0.15, 0.2) is 0 Å². The zero-order valence-corrected chi connectivity index (χ0v) is 10.7. The van der Waals surface area contributed by atoms with Crippen LogP contribution >= 0.6 is 0 Å². The third kappa shape index (κ3) is 2.57. The van der Waals surface area contributed by atoms with Crippen molar-refractivity contribution < 1.29 is 0 Å².